The van der Waals surface area contributed by atoms with Crippen LogP contribution in [0.1, 0.15) is 31.1 Å². The van der Waals surface area contributed by atoms with E-state index in [4.69, 9.17) is 15.2 Å². The van der Waals surface area contributed by atoms with Gasteiger partial charge in [0, 0.05) is 24.8 Å². The van der Waals surface area contributed by atoms with E-state index in [1.807, 2.05) is 0 Å². The average molecular weight is 292 g/mol. The molecule has 1 unspecified atom stereocenters. The monoisotopic (exact) mass is 292 g/mol. The van der Waals surface area contributed by atoms with Crippen molar-refractivity contribution in [3.05, 3.63) is 23.8 Å². The number of ether oxygens (including phenoxy) is 2. The molecule has 1 aliphatic heterocycles. The maximum atomic E-state index is 11.6. The fraction of sp³-hybridized carbons (Fsp3) is 0.562. The second-order valence-corrected chi connectivity index (χ2v) is 5.70. The summed E-state index contributed by atoms with van der Waals surface area (Å²) in [5.41, 5.74) is 6.80. The van der Waals surface area contributed by atoms with Gasteiger partial charge in [-0.2, -0.15) is 0 Å². The zero-order valence-electron chi connectivity index (χ0n) is 13.0. The Hall–Kier alpha value is -1.59. The first-order chi connectivity index (χ1) is 9.97. The largest absolute Gasteiger partial charge is 0.490 e. The zero-order valence-corrected chi connectivity index (χ0v) is 13.0. The van der Waals surface area contributed by atoms with Crippen LogP contribution >= 0.6 is 0 Å². The number of ketones is 1. The molecule has 116 valence electrons. The normalized spacial score (nSPS) is 19.7. The summed E-state index contributed by atoms with van der Waals surface area (Å²) in [5, 5.41) is 0. The van der Waals surface area contributed by atoms with E-state index in [2.05, 4.69) is 18.7 Å². The van der Waals surface area contributed by atoms with Crippen LogP contribution in [0.2, 0.25) is 0 Å². The smallest absolute Gasteiger partial charge is 0.163 e. The van der Waals surface area contributed by atoms with Crippen molar-refractivity contribution in [2.75, 3.05) is 32.0 Å². The van der Waals surface area contributed by atoms with Crippen LogP contribution in [-0.4, -0.2) is 49.1 Å². The molecule has 21 heavy (non-hydrogen) atoms. The first-order valence-electron chi connectivity index (χ1n) is 7.36. The Morgan fingerprint density at radius 1 is 1.52 bits per heavy atom. The number of Topliss-reactive ketones (excluding diaryl/α,β-unsaturated/α-hetero) is 1. The minimum Gasteiger partial charge on any atom is -0.490 e. The number of benzene rings is 1. The van der Waals surface area contributed by atoms with Gasteiger partial charge < -0.3 is 15.2 Å². The minimum absolute atomic E-state index is 0.0264. The molecule has 1 heterocycles. The molecule has 2 rings (SSSR count). The molecule has 0 amide bonds. The maximum absolute atomic E-state index is 11.6. The van der Waals surface area contributed by atoms with E-state index in [0.717, 1.165) is 13.1 Å². The molecule has 1 saturated heterocycles. The van der Waals surface area contributed by atoms with Crippen LogP contribution in [0.4, 0.5) is 5.69 Å². The highest BCUT2D eigenvalue weighted by Crippen LogP contribution is 2.22. The quantitative estimate of drug-likeness (QED) is 0.664. The number of anilines is 1. The lowest BCUT2D eigenvalue weighted by Gasteiger charge is -2.35. The van der Waals surface area contributed by atoms with Crippen molar-refractivity contribution < 1.29 is 14.3 Å². The van der Waals surface area contributed by atoms with Gasteiger partial charge in [-0.15, -0.1) is 0 Å². The van der Waals surface area contributed by atoms with Gasteiger partial charge >= 0.3 is 0 Å². The second kappa shape index (κ2) is 6.91. The van der Waals surface area contributed by atoms with Crippen molar-refractivity contribution in [1.29, 1.82) is 0 Å². The van der Waals surface area contributed by atoms with Gasteiger partial charge in [-0.05, 0) is 39.0 Å². The van der Waals surface area contributed by atoms with Gasteiger partial charge in [-0.25, -0.2) is 0 Å². The molecule has 5 heteroatoms. The Kier molecular flexibility index (Phi) is 5.20. The van der Waals surface area contributed by atoms with Gasteiger partial charge in [0.1, 0.15) is 18.5 Å². The van der Waals surface area contributed by atoms with E-state index >= 15 is 0 Å². The van der Waals surface area contributed by atoms with Crippen molar-refractivity contribution in [2.24, 2.45) is 0 Å². The average Bonchev–Trinajstić information content (AvgIpc) is 2.46. The molecule has 0 radical (unpaired) electrons. The molecule has 0 aliphatic carbocycles. The molecular formula is C16H24N2O3. The van der Waals surface area contributed by atoms with Gasteiger partial charge in [-0.1, -0.05) is 0 Å². The predicted molar refractivity (Wildman–Crippen MR) is 82.8 cm³/mol. The summed E-state index contributed by atoms with van der Waals surface area (Å²) in [4.78, 5) is 14.0. The van der Waals surface area contributed by atoms with Gasteiger partial charge in [0.2, 0.25) is 0 Å². The molecule has 0 bridgehead atoms. The van der Waals surface area contributed by atoms with Crippen LogP contribution < -0.4 is 10.5 Å². The van der Waals surface area contributed by atoms with Crippen molar-refractivity contribution in [3.63, 3.8) is 0 Å². The van der Waals surface area contributed by atoms with Crippen LogP contribution in [0.15, 0.2) is 18.2 Å². The van der Waals surface area contributed by atoms with Crippen molar-refractivity contribution in [3.8, 4) is 5.75 Å². The summed E-state index contributed by atoms with van der Waals surface area (Å²) in [6.45, 7) is 8.82. The van der Waals surface area contributed by atoms with Gasteiger partial charge in [0.05, 0.1) is 12.2 Å². The summed E-state index contributed by atoms with van der Waals surface area (Å²) >= 11 is 0. The van der Waals surface area contributed by atoms with E-state index in [-0.39, 0.29) is 11.9 Å². The summed E-state index contributed by atoms with van der Waals surface area (Å²) in [6, 6.07) is 5.64. The number of rotatable bonds is 5. The molecule has 0 spiro atoms. The van der Waals surface area contributed by atoms with E-state index < -0.39 is 0 Å². The second-order valence-electron chi connectivity index (χ2n) is 5.70. The molecule has 1 atom stereocenters. The highest BCUT2D eigenvalue weighted by Gasteiger charge is 2.23. The first kappa shape index (κ1) is 15.8. The molecule has 5 nitrogen and oxygen atoms in total. The Bertz CT molecular complexity index is 502. The number of hydrogen-bond donors (Lipinski definition) is 1. The fourth-order valence-electron chi connectivity index (χ4n) is 2.44. The summed E-state index contributed by atoms with van der Waals surface area (Å²) < 4.78 is 11.5. The van der Waals surface area contributed by atoms with Crippen LogP contribution in [0.25, 0.3) is 0 Å². The number of carbonyl (C=O) groups is 1. The number of morpholine rings is 1. The number of nitrogen functional groups attached to an aromatic ring is 1. The molecular weight excluding hydrogens is 268 g/mol. The SMILES string of the molecule is CC(=O)c1cc(N)ccc1OCC1CN(C(C)C)CCO1. The summed E-state index contributed by atoms with van der Waals surface area (Å²) in [6.07, 6.45) is 0.0264. The van der Waals surface area contributed by atoms with E-state index in [1.165, 1.54) is 6.92 Å². The lowest BCUT2D eigenvalue weighted by atomic mass is 10.1. The lowest BCUT2D eigenvalue weighted by molar-refractivity contribution is -0.0565. The number of nitrogens with two attached hydrogens (primary N) is 1. The highest BCUT2D eigenvalue weighted by molar-refractivity contribution is 5.97. The van der Waals surface area contributed by atoms with Gasteiger partial charge in [-0.3, -0.25) is 9.69 Å². The van der Waals surface area contributed by atoms with E-state index in [1.54, 1.807) is 18.2 Å². The van der Waals surface area contributed by atoms with Crippen LogP contribution in [0.5, 0.6) is 5.75 Å². The van der Waals surface area contributed by atoms with Gasteiger partial charge in [0.25, 0.3) is 0 Å². The summed E-state index contributed by atoms with van der Waals surface area (Å²) in [7, 11) is 0. The molecule has 1 aromatic rings. The third kappa shape index (κ3) is 4.19. The standard InChI is InChI=1S/C16H24N2O3/c1-11(2)18-6-7-20-14(9-18)10-21-16-5-4-13(17)8-15(16)12(3)19/h4-5,8,11,14H,6-7,9-10,17H2,1-3H3. The molecule has 0 saturated carbocycles. The number of nitrogens with zero attached hydrogens (tertiary/aromatic N) is 1. The molecule has 0 aromatic heterocycles. The lowest BCUT2D eigenvalue weighted by Crippen LogP contribution is -2.47. The number of hydrogen-bond acceptors (Lipinski definition) is 5. The third-order valence-electron chi connectivity index (χ3n) is 3.71. The van der Waals surface area contributed by atoms with Gasteiger partial charge in [0.15, 0.2) is 5.78 Å². The van der Waals surface area contributed by atoms with Crippen LogP contribution in [-0.2, 0) is 4.74 Å². The molecule has 2 N–H and O–H groups in total. The molecule has 1 aromatic carbocycles. The molecule has 1 fully saturated rings. The third-order valence-corrected chi connectivity index (χ3v) is 3.71. The van der Waals surface area contributed by atoms with Crippen molar-refractivity contribution in [1.82, 2.24) is 4.90 Å². The van der Waals surface area contributed by atoms with E-state index in [0.29, 0.717) is 36.3 Å². The number of carbonyl (C=O) groups excluding carboxylic acids is 1. The maximum Gasteiger partial charge on any atom is 0.163 e. The van der Waals surface area contributed by atoms with Crippen LogP contribution in [0, 0.1) is 0 Å². The highest BCUT2D eigenvalue weighted by atomic mass is 16.5. The Morgan fingerprint density at radius 2 is 2.29 bits per heavy atom. The Morgan fingerprint density at radius 3 is 2.95 bits per heavy atom. The Balaban J connectivity index is 1.98. The molecule has 1 aliphatic rings. The summed E-state index contributed by atoms with van der Waals surface area (Å²) in [5.74, 6) is 0.521. The van der Waals surface area contributed by atoms with Crippen LogP contribution in [0.3, 0.4) is 0 Å². The van der Waals surface area contributed by atoms with Crippen molar-refractivity contribution in [2.45, 2.75) is 32.9 Å². The van der Waals surface area contributed by atoms with E-state index in [9.17, 15) is 4.79 Å². The topological polar surface area (TPSA) is 64.8 Å². The first-order valence-corrected chi connectivity index (χ1v) is 7.36. The minimum atomic E-state index is -0.0503. The zero-order chi connectivity index (χ0) is 15.4. The fourth-order valence-corrected chi connectivity index (χ4v) is 2.44. The van der Waals surface area contributed by atoms with Crippen molar-refractivity contribution >= 4 is 11.5 Å². The Labute approximate surface area is 126 Å². The predicted octanol–water partition coefficient (Wildman–Crippen LogP) is 1.96.